The van der Waals surface area contributed by atoms with Gasteiger partial charge in [0.15, 0.2) is 6.29 Å². The Morgan fingerprint density at radius 2 is 2.06 bits per heavy atom. The lowest BCUT2D eigenvalue weighted by Crippen LogP contribution is -2.30. The molecule has 0 bridgehead atoms. The molecule has 1 atom stereocenters. The van der Waals surface area contributed by atoms with E-state index in [9.17, 15) is 22.2 Å². The molecule has 1 unspecified atom stereocenters. The topological polar surface area (TPSA) is 46.2 Å². The summed E-state index contributed by atoms with van der Waals surface area (Å²) >= 11 is 5.62. The second kappa shape index (κ2) is 5.61. The smallest absolute Gasteiger partial charge is 0.298 e. The number of alkyl halides is 3. The van der Waals surface area contributed by atoms with Gasteiger partial charge < -0.3 is 0 Å². The molecule has 1 aromatic rings. The zero-order chi connectivity index (χ0) is 13.1. The standard InChI is InChI=1S/C9H7ClF3NO2S/c10-8-2-1-7(3-6(8)4-15)17(16)14-5-9(11,12)13/h1-4,14H,5H2. The van der Waals surface area contributed by atoms with Crippen LogP contribution in [0.1, 0.15) is 10.4 Å². The van der Waals surface area contributed by atoms with Crippen LogP contribution in [0.15, 0.2) is 23.1 Å². The Bertz CT molecular complexity index is 450. The van der Waals surface area contributed by atoms with Crippen LogP contribution in [0, 0.1) is 0 Å². The number of rotatable bonds is 4. The molecule has 8 heteroatoms. The van der Waals surface area contributed by atoms with Crippen molar-refractivity contribution in [2.75, 3.05) is 6.54 Å². The summed E-state index contributed by atoms with van der Waals surface area (Å²) in [6.07, 6.45) is -4.01. The number of hydrogen-bond acceptors (Lipinski definition) is 2. The molecular formula is C9H7ClF3NO2S. The first kappa shape index (κ1) is 14.1. The van der Waals surface area contributed by atoms with E-state index in [4.69, 9.17) is 11.6 Å². The Balaban J connectivity index is 2.79. The van der Waals surface area contributed by atoms with Gasteiger partial charge in [-0.15, -0.1) is 0 Å². The van der Waals surface area contributed by atoms with Crippen molar-refractivity contribution in [2.45, 2.75) is 11.1 Å². The summed E-state index contributed by atoms with van der Waals surface area (Å²) in [6, 6.07) is 3.76. The molecule has 3 nitrogen and oxygen atoms in total. The van der Waals surface area contributed by atoms with Gasteiger partial charge in [-0.25, -0.2) is 8.93 Å². The molecule has 0 saturated heterocycles. The highest BCUT2D eigenvalue weighted by Gasteiger charge is 2.27. The zero-order valence-corrected chi connectivity index (χ0v) is 9.83. The number of hydrogen-bond donors (Lipinski definition) is 1. The van der Waals surface area contributed by atoms with E-state index in [1.54, 1.807) is 4.72 Å². The zero-order valence-electron chi connectivity index (χ0n) is 8.25. The molecule has 1 rings (SSSR count). The van der Waals surface area contributed by atoms with Crippen molar-refractivity contribution >= 4 is 28.9 Å². The summed E-state index contributed by atoms with van der Waals surface area (Å²) in [6.45, 7) is -1.38. The van der Waals surface area contributed by atoms with Crippen molar-refractivity contribution in [1.29, 1.82) is 0 Å². The monoisotopic (exact) mass is 285 g/mol. The first-order valence-electron chi connectivity index (χ1n) is 4.30. The summed E-state index contributed by atoms with van der Waals surface area (Å²) in [5, 5.41) is 0.150. The predicted octanol–water partition coefficient (Wildman–Crippen LogP) is 2.33. The Morgan fingerprint density at radius 3 is 2.59 bits per heavy atom. The minimum atomic E-state index is -4.45. The maximum atomic E-state index is 11.9. The van der Waals surface area contributed by atoms with Crippen LogP contribution in [0.25, 0.3) is 0 Å². The van der Waals surface area contributed by atoms with E-state index in [-0.39, 0.29) is 15.5 Å². The molecule has 0 aliphatic rings. The lowest BCUT2D eigenvalue weighted by molar-refractivity contribution is -0.121. The molecule has 0 spiro atoms. The third-order valence-electron chi connectivity index (χ3n) is 1.71. The minimum Gasteiger partial charge on any atom is -0.298 e. The molecule has 0 amide bonds. The fourth-order valence-corrected chi connectivity index (χ4v) is 2.01. The van der Waals surface area contributed by atoms with Gasteiger partial charge in [0.05, 0.1) is 9.92 Å². The van der Waals surface area contributed by atoms with E-state index < -0.39 is 23.7 Å². The van der Waals surface area contributed by atoms with E-state index in [1.807, 2.05) is 0 Å². The number of aldehydes is 1. The third kappa shape index (κ3) is 4.45. The molecule has 1 N–H and O–H groups in total. The maximum absolute atomic E-state index is 11.9. The van der Waals surface area contributed by atoms with Crippen molar-refractivity contribution in [3.8, 4) is 0 Å². The van der Waals surface area contributed by atoms with Crippen LogP contribution < -0.4 is 4.72 Å². The fourth-order valence-electron chi connectivity index (χ4n) is 0.958. The van der Waals surface area contributed by atoms with Crippen LogP contribution >= 0.6 is 11.6 Å². The summed E-state index contributed by atoms with van der Waals surface area (Å²) in [5.41, 5.74) is 0.0753. The van der Waals surface area contributed by atoms with Crippen molar-refractivity contribution < 1.29 is 22.2 Å². The van der Waals surface area contributed by atoms with Gasteiger partial charge in [0, 0.05) is 5.56 Å². The van der Waals surface area contributed by atoms with E-state index in [0.717, 1.165) is 0 Å². The average Bonchev–Trinajstić information content (AvgIpc) is 2.25. The molecular weight excluding hydrogens is 279 g/mol. The molecule has 0 saturated carbocycles. The van der Waals surface area contributed by atoms with Crippen LogP contribution in [-0.4, -0.2) is 23.2 Å². The highest BCUT2D eigenvalue weighted by atomic mass is 35.5. The highest BCUT2D eigenvalue weighted by Crippen LogP contribution is 2.18. The maximum Gasteiger partial charge on any atom is 0.402 e. The average molecular weight is 286 g/mol. The lowest BCUT2D eigenvalue weighted by atomic mass is 10.2. The van der Waals surface area contributed by atoms with Crippen molar-refractivity contribution in [2.24, 2.45) is 0 Å². The summed E-state index contributed by atoms with van der Waals surface area (Å²) < 4.78 is 48.8. The molecule has 0 aliphatic heterocycles. The van der Waals surface area contributed by atoms with Crippen LogP contribution in [-0.2, 0) is 11.0 Å². The number of halogens is 4. The van der Waals surface area contributed by atoms with E-state index >= 15 is 0 Å². The van der Waals surface area contributed by atoms with Crippen LogP contribution in [0.5, 0.6) is 0 Å². The first-order valence-corrected chi connectivity index (χ1v) is 5.83. The molecule has 1 aromatic carbocycles. The Morgan fingerprint density at radius 1 is 1.41 bits per heavy atom. The normalized spacial score (nSPS) is 13.4. The van der Waals surface area contributed by atoms with Crippen LogP contribution in [0.3, 0.4) is 0 Å². The lowest BCUT2D eigenvalue weighted by Gasteiger charge is -2.08. The molecule has 17 heavy (non-hydrogen) atoms. The van der Waals surface area contributed by atoms with Crippen molar-refractivity contribution in [1.82, 2.24) is 4.72 Å². The van der Waals surface area contributed by atoms with Crippen LogP contribution in [0.2, 0.25) is 5.02 Å². The molecule has 94 valence electrons. The van der Waals surface area contributed by atoms with Gasteiger partial charge in [0.25, 0.3) is 0 Å². The molecule has 0 heterocycles. The SMILES string of the molecule is O=Cc1cc(S(=O)NCC(F)(F)F)ccc1Cl. The van der Waals surface area contributed by atoms with Gasteiger partial charge in [-0.05, 0) is 18.2 Å². The van der Waals surface area contributed by atoms with E-state index in [2.05, 4.69) is 0 Å². The Hall–Kier alpha value is -0.920. The first-order chi connectivity index (χ1) is 7.83. The second-order valence-electron chi connectivity index (χ2n) is 3.01. The Kier molecular flexibility index (Phi) is 4.67. The van der Waals surface area contributed by atoms with Gasteiger partial charge in [-0.2, -0.15) is 13.2 Å². The number of carbonyl (C=O) groups excluding carboxylic acids is 1. The van der Waals surface area contributed by atoms with Gasteiger partial charge in [0.1, 0.15) is 17.5 Å². The van der Waals surface area contributed by atoms with Crippen molar-refractivity contribution in [3.63, 3.8) is 0 Å². The summed E-state index contributed by atoms with van der Waals surface area (Å²) in [7, 11) is -2.04. The van der Waals surface area contributed by atoms with E-state index in [0.29, 0.717) is 6.29 Å². The van der Waals surface area contributed by atoms with E-state index in [1.165, 1.54) is 18.2 Å². The summed E-state index contributed by atoms with van der Waals surface area (Å²) in [5.74, 6) is 0. The highest BCUT2D eigenvalue weighted by molar-refractivity contribution is 7.83. The van der Waals surface area contributed by atoms with Gasteiger partial charge in [-0.1, -0.05) is 11.6 Å². The van der Waals surface area contributed by atoms with Gasteiger partial charge >= 0.3 is 6.18 Å². The third-order valence-corrected chi connectivity index (χ3v) is 3.15. The number of benzene rings is 1. The molecule has 0 aromatic heterocycles. The Labute approximate surface area is 103 Å². The number of nitrogens with one attached hydrogen (secondary N) is 1. The van der Waals surface area contributed by atoms with Crippen molar-refractivity contribution in [3.05, 3.63) is 28.8 Å². The van der Waals surface area contributed by atoms with Crippen LogP contribution in [0.4, 0.5) is 13.2 Å². The van der Waals surface area contributed by atoms with Gasteiger partial charge in [-0.3, -0.25) is 4.79 Å². The summed E-state index contributed by atoms with van der Waals surface area (Å²) in [4.78, 5) is 10.6. The quantitative estimate of drug-likeness (QED) is 0.863. The molecule has 0 fully saturated rings. The molecule has 0 radical (unpaired) electrons. The number of carbonyl (C=O) groups is 1. The fraction of sp³-hybridized carbons (Fsp3) is 0.222. The largest absolute Gasteiger partial charge is 0.402 e. The predicted molar refractivity (Wildman–Crippen MR) is 57.3 cm³/mol. The molecule has 0 aliphatic carbocycles. The second-order valence-corrected chi connectivity index (χ2v) is 4.71. The van der Waals surface area contributed by atoms with Gasteiger partial charge in [0.2, 0.25) is 0 Å². The minimum absolute atomic E-state index is 0.0563.